The van der Waals surface area contributed by atoms with Gasteiger partial charge in [-0.15, -0.1) is 6.58 Å². The van der Waals surface area contributed by atoms with Crippen LogP contribution in [0.3, 0.4) is 0 Å². The second kappa shape index (κ2) is 4.13. The SMILES string of the molecule is C=CCON1C(=O)N2C[C@H]1CC[C@@H]2C(=O)O. The van der Waals surface area contributed by atoms with Gasteiger partial charge in [0.1, 0.15) is 6.04 Å². The zero-order valence-electron chi connectivity index (χ0n) is 8.83. The average Bonchev–Trinajstić information content (AvgIpc) is 2.50. The molecular weight excluding hydrogens is 212 g/mol. The number of carboxylic acids is 1. The van der Waals surface area contributed by atoms with Crippen molar-refractivity contribution in [1.82, 2.24) is 9.96 Å². The summed E-state index contributed by atoms with van der Waals surface area (Å²) < 4.78 is 0. The molecule has 0 spiro atoms. The van der Waals surface area contributed by atoms with Crippen LogP contribution in [0.2, 0.25) is 0 Å². The molecule has 0 aliphatic carbocycles. The molecule has 88 valence electrons. The summed E-state index contributed by atoms with van der Waals surface area (Å²) in [5.74, 6) is -0.947. The van der Waals surface area contributed by atoms with Crippen LogP contribution in [0.4, 0.5) is 4.79 Å². The summed E-state index contributed by atoms with van der Waals surface area (Å²) in [4.78, 5) is 29.4. The number of carbonyl (C=O) groups is 2. The summed E-state index contributed by atoms with van der Waals surface area (Å²) >= 11 is 0. The van der Waals surface area contributed by atoms with Gasteiger partial charge in [-0.1, -0.05) is 6.08 Å². The molecule has 2 aliphatic heterocycles. The first-order chi connectivity index (χ1) is 7.65. The number of rotatable bonds is 4. The average molecular weight is 226 g/mol. The molecule has 6 heteroatoms. The first-order valence-corrected chi connectivity index (χ1v) is 5.21. The van der Waals surface area contributed by atoms with Gasteiger partial charge >= 0.3 is 12.0 Å². The van der Waals surface area contributed by atoms with Gasteiger partial charge in [-0.2, -0.15) is 5.06 Å². The smallest absolute Gasteiger partial charge is 0.345 e. The third-order valence-electron chi connectivity index (χ3n) is 2.94. The summed E-state index contributed by atoms with van der Waals surface area (Å²) in [7, 11) is 0. The fraction of sp³-hybridized carbons (Fsp3) is 0.600. The molecule has 2 fully saturated rings. The Kier molecular flexibility index (Phi) is 2.82. The van der Waals surface area contributed by atoms with Crippen molar-refractivity contribution in [3.63, 3.8) is 0 Å². The lowest BCUT2D eigenvalue weighted by molar-refractivity contribution is -0.142. The Bertz CT molecular complexity index is 331. The predicted octanol–water partition coefficient (Wildman–Crippen LogP) is 0.457. The van der Waals surface area contributed by atoms with Gasteiger partial charge in [-0.25, -0.2) is 9.59 Å². The molecule has 0 unspecified atom stereocenters. The van der Waals surface area contributed by atoms with Crippen molar-refractivity contribution in [2.45, 2.75) is 24.9 Å². The molecule has 6 nitrogen and oxygen atoms in total. The van der Waals surface area contributed by atoms with Crippen LogP contribution in [0, 0.1) is 0 Å². The fourth-order valence-corrected chi connectivity index (χ4v) is 2.19. The number of hydrogen-bond donors (Lipinski definition) is 1. The molecule has 2 atom stereocenters. The van der Waals surface area contributed by atoms with E-state index in [9.17, 15) is 9.59 Å². The van der Waals surface area contributed by atoms with Gasteiger partial charge in [0.15, 0.2) is 0 Å². The topological polar surface area (TPSA) is 70.1 Å². The molecule has 0 radical (unpaired) electrons. The molecule has 2 heterocycles. The molecular formula is C10H14N2O4. The van der Waals surface area contributed by atoms with Gasteiger partial charge in [-0.3, -0.25) is 4.84 Å². The van der Waals surface area contributed by atoms with E-state index in [-0.39, 0.29) is 18.7 Å². The van der Waals surface area contributed by atoms with Crippen molar-refractivity contribution < 1.29 is 19.5 Å². The van der Waals surface area contributed by atoms with Gasteiger partial charge in [0.2, 0.25) is 0 Å². The predicted molar refractivity (Wildman–Crippen MR) is 54.5 cm³/mol. The second-order valence-electron chi connectivity index (χ2n) is 3.93. The first kappa shape index (κ1) is 10.9. The molecule has 0 aromatic rings. The standard InChI is InChI=1S/C10H14N2O4/c1-2-5-16-12-7-3-4-8(9(13)14)11(6-7)10(12)15/h2,7-8H,1,3-6H2,(H,13,14)/t7-,8-/m1/s1. The third-order valence-corrected chi connectivity index (χ3v) is 2.94. The highest BCUT2D eigenvalue weighted by Crippen LogP contribution is 2.29. The Morgan fingerprint density at radius 2 is 2.38 bits per heavy atom. The molecule has 2 aliphatic rings. The molecule has 16 heavy (non-hydrogen) atoms. The molecule has 2 bridgehead atoms. The van der Waals surface area contributed by atoms with Crippen LogP contribution < -0.4 is 0 Å². The lowest BCUT2D eigenvalue weighted by Gasteiger charge is -2.26. The largest absolute Gasteiger partial charge is 0.480 e. The summed E-state index contributed by atoms with van der Waals surface area (Å²) in [6, 6.07) is -1.08. The van der Waals surface area contributed by atoms with Crippen LogP contribution in [0.5, 0.6) is 0 Å². The lowest BCUT2D eigenvalue weighted by Crippen LogP contribution is -2.44. The third kappa shape index (κ3) is 1.65. The van der Waals surface area contributed by atoms with Gasteiger partial charge < -0.3 is 10.0 Å². The Labute approximate surface area is 93.0 Å². The summed E-state index contributed by atoms with van der Waals surface area (Å²) in [6.45, 7) is 4.20. The summed E-state index contributed by atoms with van der Waals surface area (Å²) in [5, 5.41) is 10.3. The monoisotopic (exact) mass is 226 g/mol. The van der Waals surface area contributed by atoms with Gasteiger partial charge in [0, 0.05) is 6.54 Å². The number of hydrogen-bond acceptors (Lipinski definition) is 3. The Balaban J connectivity index is 2.09. The summed E-state index contributed by atoms with van der Waals surface area (Å²) in [5.41, 5.74) is 0. The van der Waals surface area contributed by atoms with Gasteiger partial charge in [-0.05, 0) is 12.8 Å². The van der Waals surface area contributed by atoms with Crippen molar-refractivity contribution in [3.05, 3.63) is 12.7 Å². The minimum Gasteiger partial charge on any atom is -0.480 e. The van der Waals surface area contributed by atoms with E-state index in [1.165, 1.54) is 9.96 Å². The zero-order valence-corrected chi connectivity index (χ0v) is 8.83. The van der Waals surface area contributed by atoms with E-state index < -0.39 is 12.0 Å². The van der Waals surface area contributed by atoms with Crippen LogP contribution in [-0.4, -0.2) is 52.3 Å². The Morgan fingerprint density at radius 1 is 1.62 bits per heavy atom. The minimum absolute atomic E-state index is 0.0250. The number of carbonyl (C=O) groups excluding carboxylic acids is 1. The van der Waals surface area contributed by atoms with E-state index in [1.54, 1.807) is 6.08 Å². The second-order valence-corrected chi connectivity index (χ2v) is 3.93. The van der Waals surface area contributed by atoms with Gasteiger partial charge in [0.05, 0.1) is 12.6 Å². The van der Waals surface area contributed by atoms with Crippen molar-refractivity contribution >= 4 is 12.0 Å². The van der Waals surface area contributed by atoms with E-state index in [4.69, 9.17) is 9.94 Å². The number of fused-ring (bicyclic) bond motifs is 2. The van der Waals surface area contributed by atoms with E-state index in [0.29, 0.717) is 19.4 Å². The number of carboxylic acid groups (broad SMARTS) is 1. The van der Waals surface area contributed by atoms with Crippen LogP contribution in [-0.2, 0) is 9.63 Å². The number of amides is 2. The van der Waals surface area contributed by atoms with Crippen LogP contribution in [0.1, 0.15) is 12.8 Å². The Morgan fingerprint density at radius 3 is 3.00 bits per heavy atom. The number of aliphatic carboxylic acids is 1. The van der Waals surface area contributed by atoms with Crippen LogP contribution in [0.15, 0.2) is 12.7 Å². The molecule has 2 rings (SSSR count). The molecule has 1 N–H and O–H groups in total. The molecule has 0 aromatic carbocycles. The van der Waals surface area contributed by atoms with Crippen molar-refractivity contribution in [2.24, 2.45) is 0 Å². The minimum atomic E-state index is -0.947. The van der Waals surface area contributed by atoms with Crippen LogP contribution in [0.25, 0.3) is 0 Å². The van der Waals surface area contributed by atoms with Gasteiger partial charge in [0.25, 0.3) is 0 Å². The number of nitrogens with zero attached hydrogens (tertiary/aromatic N) is 2. The quantitative estimate of drug-likeness (QED) is 0.707. The first-order valence-electron chi connectivity index (χ1n) is 5.21. The normalized spacial score (nSPS) is 28.4. The van der Waals surface area contributed by atoms with E-state index >= 15 is 0 Å². The Hall–Kier alpha value is -1.56. The van der Waals surface area contributed by atoms with E-state index in [0.717, 1.165) is 0 Å². The maximum absolute atomic E-state index is 11.8. The number of piperidine rings is 1. The highest BCUT2D eigenvalue weighted by Gasteiger charge is 2.47. The molecule has 2 amide bonds. The molecule has 2 saturated heterocycles. The number of urea groups is 1. The maximum Gasteiger partial charge on any atom is 0.345 e. The van der Waals surface area contributed by atoms with Crippen molar-refractivity contribution in [2.75, 3.05) is 13.2 Å². The fourth-order valence-electron chi connectivity index (χ4n) is 2.19. The summed E-state index contributed by atoms with van der Waals surface area (Å²) in [6.07, 6.45) is 2.70. The number of hydroxylamine groups is 2. The lowest BCUT2D eigenvalue weighted by atomic mass is 10.0. The van der Waals surface area contributed by atoms with Crippen molar-refractivity contribution in [3.8, 4) is 0 Å². The highest BCUT2D eigenvalue weighted by molar-refractivity contribution is 5.84. The van der Waals surface area contributed by atoms with E-state index in [1.807, 2.05) is 0 Å². The van der Waals surface area contributed by atoms with Crippen LogP contribution >= 0.6 is 0 Å². The highest BCUT2D eigenvalue weighted by atomic mass is 16.7. The van der Waals surface area contributed by atoms with E-state index in [2.05, 4.69) is 6.58 Å². The zero-order chi connectivity index (χ0) is 11.7. The van der Waals surface area contributed by atoms with Crippen molar-refractivity contribution in [1.29, 1.82) is 0 Å². The molecule has 0 saturated carbocycles. The maximum atomic E-state index is 11.8. The molecule has 0 aromatic heterocycles.